The smallest absolute Gasteiger partial charge is 0.399 e. The van der Waals surface area contributed by atoms with E-state index in [0.717, 1.165) is 34.6 Å². The molecule has 9 heteroatoms. The molecule has 0 aliphatic rings. The number of aromatic nitrogens is 5. The van der Waals surface area contributed by atoms with Crippen LogP contribution in [0.2, 0.25) is 0 Å². The highest BCUT2D eigenvalue weighted by Gasteiger charge is 2.31. The largest absolute Gasteiger partial charge is 0.416 e. The molecule has 0 saturated carbocycles. The summed E-state index contributed by atoms with van der Waals surface area (Å²) in [6, 6.07) is 14.4. The topological polar surface area (TPSA) is 74.0 Å². The third-order valence-electron chi connectivity index (χ3n) is 5.53. The molecule has 2 aromatic carbocycles. The molecule has 166 valence electrons. The molecule has 3 heterocycles. The lowest BCUT2D eigenvalue weighted by molar-refractivity contribution is -0.137. The van der Waals surface area contributed by atoms with Crippen LogP contribution in [0.5, 0.6) is 0 Å². The highest BCUT2D eigenvalue weighted by molar-refractivity contribution is 5.86. The third kappa shape index (κ3) is 3.61. The maximum atomic E-state index is 13.4. The van der Waals surface area contributed by atoms with Gasteiger partial charge in [-0.3, -0.25) is 0 Å². The molecule has 0 spiro atoms. The highest BCUT2D eigenvalue weighted by Crippen LogP contribution is 2.38. The van der Waals surface area contributed by atoms with Crippen LogP contribution in [0.25, 0.3) is 33.7 Å². The van der Waals surface area contributed by atoms with Crippen molar-refractivity contribution in [3.8, 4) is 28.1 Å². The Kier molecular flexibility index (Phi) is 4.70. The van der Waals surface area contributed by atoms with Crippen LogP contribution < -0.4 is 5.73 Å². The first kappa shape index (κ1) is 20.7. The van der Waals surface area contributed by atoms with Crippen molar-refractivity contribution in [3.63, 3.8) is 0 Å². The molecule has 0 aliphatic heterocycles. The van der Waals surface area contributed by atoms with Gasteiger partial charge in [0, 0.05) is 23.0 Å². The molecule has 0 unspecified atom stereocenters. The number of benzene rings is 2. The summed E-state index contributed by atoms with van der Waals surface area (Å²) >= 11 is 0. The minimum Gasteiger partial charge on any atom is -0.399 e. The van der Waals surface area contributed by atoms with Crippen molar-refractivity contribution in [3.05, 3.63) is 83.9 Å². The van der Waals surface area contributed by atoms with E-state index in [0.29, 0.717) is 28.3 Å². The van der Waals surface area contributed by atoms with Gasteiger partial charge in [0.25, 0.3) is 0 Å². The zero-order valence-electron chi connectivity index (χ0n) is 17.8. The highest BCUT2D eigenvalue weighted by atomic mass is 19.4. The number of hydrogen-bond donors (Lipinski definition) is 1. The van der Waals surface area contributed by atoms with Gasteiger partial charge in [0.05, 0.1) is 23.1 Å². The minimum absolute atomic E-state index is 0.417. The molecule has 5 rings (SSSR count). The zero-order valence-corrected chi connectivity index (χ0v) is 17.8. The lowest BCUT2D eigenvalue weighted by Gasteiger charge is -2.16. The molecule has 3 aromatic heterocycles. The Hall–Kier alpha value is -4.14. The van der Waals surface area contributed by atoms with Crippen molar-refractivity contribution in [1.29, 1.82) is 0 Å². The first-order valence-electron chi connectivity index (χ1n) is 10.2. The van der Waals surface area contributed by atoms with Crippen LogP contribution in [0.3, 0.4) is 0 Å². The van der Waals surface area contributed by atoms with Gasteiger partial charge in [-0.15, -0.1) is 0 Å². The molecule has 2 N–H and O–H groups in total. The number of anilines is 1. The first-order chi connectivity index (χ1) is 15.7. The number of pyridine rings is 1. The predicted octanol–water partition coefficient (Wildman–Crippen LogP) is 5.47. The number of nitrogens with two attached hydrogens (primary N) is 1. The summed E-state index contributed by atoms with van der Waals surface area (Å²) in [6.07, 6.45) is -0.951. The van der Waals surface area contributed by atoms with Crippen molar-refractivity contribution >= 4 is 11.3 Å². The second kappa shape index (κ2) is 7.47. The van der Waals surface area contributed by atoms with Crippen molar-refractivity contribution in [2.75, 3.05) is 5.73 Å². The van der Waals surface area contributed by atoms with Crippen LogP contribution in [-0.2, 0) is 6.18 Å². The molecule has 6 nitrogen and oxygen atoms in total. The van der Waals surface area contributed by atoms with Gasteiger partial charge in [-0.1, -0.05) is 12.1 Å². The minimum atomic E-state index is -4.45. The van der Waals surface area contributed by atoms with Crippen LogP contribution >= 0.6 is 0 Å². The number of nitrogen functional groups attached to an aromatic ring is 1. The predicted molar refractivity (Wildman–Crippen MR) is 120 cm³/mol. The van der Waals surface area contributed by atoms with E-state index in [1.165, 1.54) is 6.07 Å². The van der Waals surface area contributed by atoms with Crippen molar-refractivity contribution in [2.45, 2.75) is 20.0 Å². The Labute approximate surface area is 187 Å². The Morgan fingerprint density at radius 1 is 0.970 bits per heavy atom. The molecule has 0 aliphatic carbocycles. The number of fused-ring (bicyclic) bond motifs is 1. The van der Waals surface area contributed by atoms with Crippen LogP contribution in [-0.4, -0.2) is 24.4 Å². The van der Waals surface area contributed by atoms with Gasteiger partial charge in [0.1, 0.15) is 5.82 Å². The molecule has 0 atom stereocenters. The fourth-order valence-corrected chi connectivity index (χ4v) is 4.00. The van der Waals surface area contributed by atoms with Crippen LogP contribution in [0, 0.1) is 13.8 Å². The van der Waals surface area contributed by atoms with Crippen LogP contribution in [0.1, 0.15) is 17.0 Å². The second-order valence-corrected chi connectivity index (χ2v) is 7.77. The number of rotatable bonds is 3. The van der Waals surface area contributed by atoms with Gasteiger partial charge >= 0.3 is 6.18 Å². The first-order valence-corrected chi connectivity index (χ1v) is 10.2. The number of halogens is 3. The van der Waals surface area contributed by atoms with Crippen LogP contribution in [0.15, 0.2) is 67.0 Å². The fraction of sp³-hybridized carbons (Fsp3) is 0.125. The summed E-state index contributed by atoms with van der Waals surface area (Å²) < 4.78 is 43.6. The molecular weight excluding hydrogens is 429 g/mol. The van der Waals surface area contributed by atoms with E-state index in [1.54, 1.807) is 40.5 Å². The number of alkyl halides is 3. The van der Waals surface area contributed by atoms with Gasteiger partial charge in [-0.2, -0.15) is 23.4 Å². The van der Waals surface area contributed by atoms with Gasteiger partial charge in [0.2, 0.25) is 0 Å². The number of nitrogens with zero attached hydrogens (tertiary/aromatic N) is 5. The molecule has 0 amide bonds. The van der Waals surface area contributed by atoms with E-state index in [2.05, 4.69) is 15.2 Å². The molecule has 5 aromatic rings. The van der Waals surface area contributed by atoms with E-state index < -0.39 is 11.7 Å². The lowest BCUT2D eigenvalue weighted by Crippen LogP contribution is -2.06. The maximum absolute atomic E-state index is 13.4. The third-order valence-corrected chi connectivity index (χ3v) is 5.53. The van der Waals surface area contributed by atoms with Gasteiger partial charge in [0.15, 0.2) is 5.65 Å². The van der Waals surface area contributed by atoms with Crippen LogP contribution in [0.4, 0.5) is 18.9 Å². The van der Waals surface area contributed by atoms with Gasteiger partial charge in [-0.05, 0) is 67.4 Å². The average molecular weight is 448 g/mol. The molecule has 0 bridgehead atoms. The average Bonchev–Trinajstić information content (AvgIpc) is 3.39. The molecule has 33 heavy (non-hydrogen) atoms. The van der Waals surface area contributed by atoms with Crippen molar-refractivity contribution < 1.29 is 13.2 Å². The van der Waals surface area contributed by atoms with Gasteiger partial charge < -0.3 is 5.73 Å². The standard InChI is InChI=1S/C24H19F3N6/c1-14-20(21-10-11-29-33(21)19-8-6-18(28)7-9-19)13-32-23(30-15(2)31-32)22(14)16-4-3-5-17(12-16)24(25,26)27/h3-13H,28H2,1-2H3. The van der Waals surface area contributed by atoms with E-state index in [1.807, 2.05) is 31.3 Å². The van der Waals surface area contributed by atoms with E-state index in [-0.39, 0.29) is 0 Å². The Balaban J connectivity index is 1.77. The zero-order chi connectivity index (χ0) is 23.3. The Morgan fingerprint density at radius 2 is 1.73 bits per heavy atom. The fourth-order valence-electron chi connectivity index (χ4n) is 4.00. The Morgan fingerprint density at radius 3 is 2.45 bits per heavy atom. The monoisotopic (exact) mass is 448 g/mol. The number of hydrogen-bond acceptors (Lipinski definition) is 4. The lowest BCUT2D eigenvalue weighted by atomic mass is 9.95. The van der Waals surface area contributed by atoms with E-state index in [9.17, 15) is 13.2 Å². The SMILES string of the molecule is Cc1nc2c(-c3cccc(C(F)(F)F)c3)c(C)c(-c3ccnn3-c3ccc(N)cc3)cn2n1. The molecule has 0 fully saturated rings. The molecular formula is C24H19F3N6. The Bertz CT molecular complexity index is 1480. The summed E-state index contributed by atoms with van der Waals surface area (Å²) in [5.41, 5.74) is 10.3. The second-order valence-electron chi connectivity index (χ2n) is 7.77. The van der Waals surface area contributed by atoms with E-state index in [4.69, 9.17) is 5.73 Å². The van der Waals surface area contributed by atoms with Crippen molar-refractivity contribution in [1.82, 2.24) is 24.4 Å². The molecule has 0 saturated heterocycles. The van der Waals surface area contributed by atoms with Gasteiger partial charge in [-0.25, -0.2) is 14.2 Å². The van der Waals surface area contributed by atoms with Crippen molar-refractivity contribution in [2.24, 2.45) is 0 Å². The summed E-state index contributed by atoms with van der Waals surface area (Å²) in [4.78, 5) is 4.49. The summed E-state index contributed by atoms with van der Waals surface area (Å²) in [5, 5.41) is 8.88. The summed E-state index contributed by atoms with van der Waals surface area (Å²) in [6.45, 7) is 3.62. The summed E-state index contributed by atoms with van der Waals surface area (Å²) in [7, 11) is 0. The summed E-state index contributed by atoms with van der Waals surface area (Å²) in [5.74, 6) is 0.520. The quantitative estimate of drug-likeness (QED) is 0.372. The number of aryl methyl sites for hydroxylation is 1. The maximum Gasteiger partial charge on any atom is 0.416 e. The molecule has 0 radical (unpaired) electrons. The normalized spacial score (nSPS) is 11.9. The van der Waals surface area contributed by atoms with E-state index >= 15 is 0 Å².